The number of carbonyl (C=O) groups is 1. The Bertz CT molecular complexity index is 377. The van der Waals surface area contributed by atoms with Crippen molar-refractivity contribution < 1.29 is 19.0 Å². The van der Waals surface area contributed by atoms with E-state index in [2.05, 4.69) is 12.1 Å². The van der Waals surface area contributed by atoms with Gasteiger partial charge in [0.1, 0.15) is 12.7 Å². The third-order valence-electron chi connectivity index (χ3n) is 2.80. The molecule has 4 heteroatoms. The van der Waals surface area contributed by atoms with Crippen molar-refractivity contribution in [2.75, 3.05) is 13.2 Å². The van der Waals surface area contributed by atoms with Crippen molar-refractivity contribution in [3.63, 3.8) is 0 Å². The number of hydrogen-bond donors (Lipinski definition) is 0. The van der Waals surface area contributed by atoms with Gasteiger partial charge in [0.15, 0.2) is 6.29 Å². The normalized spacial score (nSPS) is 22.9. The number of aryl methyl sites for hydroxylation is 1. The van der Waals surface area contributed by atoms with Crippen LogP contribution in [0, 0.1) is 0 Å². The predicted molar refractivity (Wildman–Crippen MR) is 66.0 cm³/mol. The van der Waals surface area contributed by atoms with Gasteiger partial charge in [-0.15, -0.1) is 0 Å². The third kappa shape index (κ3) is 4.13. The van der Waals surface area contributed by atoms with E-state index >= 15 is 0 Å². The summed E-state index contributed by atoms with van der Waals surface area (Å²) in [4.78, 5) is 10.7. The van der Waals surface area contributed by atoms with Gasteiger partial charge in [-0.2, -0.15) is 0 Å². The first kappa shape index (κ1) is 13.1. The van der Waals surface area contributed by atoms with Gasteiger partial charge in [0, 0.05) is 13.3 Å². The van der Waals surface area contributed by atoms with Gasteiger partial charge >= 0.3 is 5.97 Å². The highest BCUT2D eigenvalue weighted by atomic mass is 16.7. The van der Waals surface area contributed by atoms with Crippen LogP contribution in [0.25, 0.3) is 0 Å². The molecule has 4 nitrogen and oxygen atoms in total. The average molecular weight is 250 g/mol. The smallest absolute Gasteiger partial charge is 0.302 e. The van der Waals surface area contributed by atoms with Gasteiger partial charge in [0.2, 0.25) is 0 Å². The Hall–Kier alpha value is -1.39. The number of hydrogen-bond acceptors (Lipinski definition) is 4. The van der Waals surface area contributed by atoms with Gasteiger partial charge < -0.3 is 14.2 Å². The number of esters is 1. The van der Waals surface area contributed by atoms with Gasteiger partial charge in [-0.3, -0.25) is 4.79 Å². The summed E-state index contributed by atoms with van der Waals surface area (Å²) in [6.45, 7) is 2.16. The molecule has 2 rings (SSSR count). The molecule has 2 atom stereocenters. The second kappa shape index (κ2) is 6.52. The molecule has 0 saturated carbocycles. The largest absolute Gasteiger partial charge is 0.463 e. The Balaban J connectivity index is 1.68. The number of rotatable bonds is 5. The second-order valence-electron chi connectivity index (χ2n) is 4.35. The Labute approximate surface area is 107 Å². The van der Waals surface area contributed by atoms with Crippen LogP contribution in [-0.4, -0.2) is 31.6 Å². The molecule has 98 valence electrons. The van der Waals surface area contributed by atoms with Crippen molar-refractivity contribution in [3.05, 3.63) is 35.9 Å². The SMILES string of the molecule is CC(=O)OC[C@@H]1CO[C@H](CCc2ccccc2)O1. The molecule has 1 aromatic carbocycles. The standard InChI is InChI=1S/C14H18O4/c1-11(15)16-9-13-10-17-14(18-13)8-7-12-5-3-2-4-6-12/h2-6,13-14H,7-10H2,1H3/t13-,14+/m1/s1. The van der Waals surface area contributed by atoms with E-state index in [0.717, 1.165) is 12.8 Å². The lowest BCUT2D eigenvalue weighted by atomic mass is 10.1. The van der Waals surface area contributed by atoms with E-state index in [-0.39, 0.29) is 25.0 Å². The van der Waals surface area contributed by atoms with Crippen LogP contribution in [0.4, 0.5) is 0 Å². The average Bonchev–Trinajstić information content (AvgIpc) is 2.83. The summed E-state index contributed by atoms with van der Waals surface area (Å²) >= 11 is 0. The number of carbonyl (C=O) groups excluding carboxylic acids is 1. The highest BCUT2D eigenvalue weighted by molar-refractivity contribution is 5.65. The highest BCUT2D eigenvalue weighted by Crippen LogP contribution is 2.17. The van der Waals surface area contributed by atoms with Crippen LogP contribution in [0.5, 0.6) is 0 Å². The molecule has 0 N–H and O–H groups in total. The molecule has 1 saturated heterocycles. The van der Waals surface area contributed by atoms with Crippen LogP contribution in [0.2, 0.25) is 0 Å². The molecule has 0 unspecified atom stereocenters. The Morgan fingerprint density at radius 1 is 1.39 bits per heavy atom. The minimum absolute atomic E-state index is 0.130. The van der Waals surface area contributed by atoms with E-state index in [4.69, 9.17) is 14.2 Å². The number of ether oxygens (including phenoxy) is 3. The highest BCUT2D eigenvalue weighted by Gasteiger charge is 2.26. The third-order valence-corrected chi connectivity index (χ3v) is 2.80. The van der Waals surface area contributed by atoms with E-state index in [9.17, 15) is 4.79 Å². The lowest BCUT2D eigenvalue weighted by Crippen LogP contribution is -2.20. The molecule has 0 amide bonds. The fourth-order valence-corrected chi connectivity index (χ4v) is 1.89. The molecule has 0 aromatic heterocycles. The van der Waals surface area contributed by atoms with Crippen LogP contribution in [0.1, 0.15) is 18.9 Å². The molecule has 1 heterocycles. The zero-order chi connectivity index (χ0) is 12.8. The van der Waals surface area contributed by atoms with Crippen molar-refractivity contribution in [2.45, 2.75) is 32.2 Å². The summed E-state index contributed by atoms with van der Waals surface area (Å²) in [5.74, 6) is -0.286. The maximum atomic E-state index is 10.7. The van der Waals surface area contributed by atoms with Gasteiger partial charge in [0.05, 0.1) is 6.61 Å². The zero-order valence-corrected chi connectivity index (χ0v) is 10.5. The second-order valence-corrected chi connectivity index (χ2v) is 4.35. The van der Waals surface area contributed by atoms with Crippen molar-refractivity contribution in [3.8, 4) is 0 Å². The van der Waals surface area contributed by atoms with Gasteiger partial charge in [-0.05, 0) is 12.0 Å². The van der Waals surface area contributed by atoms with Crippen LogP contribution in [-0.2, 0) is 25.4 Å². The number of benzene rings is 1. The maximum Gasteiger partial charge on any atom is 0.302 e. The van der Waals surface area contributed by atoms with Gasteiger partial charge in [-0.1, -0.05) is 30.3 Å². The molecular formula is C14H18O4. The molecule has 18 heavy (non-hydrogen) atoms. The molecule has 1 aliphatic heterocycles. The summed E-state index contributed by atoms with van der Waals surface area (Å²) in [6, 6.07) is 10.2. The van der Waals surface area contributed by atoms with E-state index in [0.29, 0.717) is 6.61 Å². The van der Waals surface area contributed by atoms with Crippen molar-refractivity contribution >= 4 is 5.97 Å². The molecule has 1 fully saturated rings. The quantitative estimate of drug-likeness (QED) is 0.749. The minimum Gasteiger partial charge on any atom is -0.463 e. The van der Waals surface area contributed by atoms with Crippen molar-refractivity contribution in [2.24, 2.45) is 0 Å². The monoisotopic (exact) mass is 250 g/mol. The first-order valence-corrected chi connectivity index (χ1v) is 6.18. The van der Waals surface area contributed by atoms with E-state index in [1.54, 1.807) is 0 Å². The maximum absolute atomic E-state index is 10.7. The fraction of sp³-hybridized carbons (Fsp3) is 0.500. The lowest BCUT2D eigenvalue weighted by molar-refractivity contribution is -0.145. The summed E-state index contributed by atoms with van der Waals surface area (Å²) in [6.07, 6.45) is 1.42. The Morgan fingerprint density at radius 3 is 2.89 bits per heavy atom. The van der Waals surface area contributed by atoms with E-state index in [1.807, 2.05) is 18.2 Å². The topological polar surface area (TPSA) is 44.8 Å². The van der Waals surface area contributed by atoms with Crippen molar-refractivity contribution in [1.82, 2.24) is 0 Å². The van der Waals surface area contributed by atoms with Gasteiger partial charge in [-0.25, -0.2) is 0 Å². The first-order chi connectivity index (χ1) is 8.74. The summed E-state index contributed by atoms with van der Waals surface area (Å²) < 4.78 is 16.0. The molecule has 0 radical (unpaired) electrons. The van der Waals surface area contributed by atoms with Crippen LogP contribution in [0.3, 0.4) is 0 Å². The van der Waals surface area contributed by atoms with Gasteiger partial charge in [0.25, 0.3) is 0 Å². The fourth-order valence-electron chi connectivity index (χ4n) is 1.89. The molecular weight excluding hydrogens is 232 g/mol. The lowest BCUT2D eigenvalue weighted by Gasteiger charge is -2.11. The zero-order valence-electron chi connectivity index (χ0n) is 10.5. The molecule has 1 aromatic rings. The van der Waals surface area contributed by atoms with Crippen LogP contribution < -0.4 is 0 Å². The van der Waals surface area contributed by atoms with Crippen LogP contribution in [0.15, 0.2) is 30.3 Å². The Kier molecular flexibility index (Phi) is 4.73. The van der Waals surface area contributed by atoms with Crippen molar-refractivity contribution in [1.29, 1.82) is 0 Å². The summed E-state index contributed by atoms with van der Waals surface area (Å²) in [5, 5.41) is 0. The predicted octanol–water partition coefficient (Wildman–Crippen LogP) is 1.92. The molecule has 1 aliphatic rings. The van der Waals surface area contributed by atoms with E-state index in [1.165, 1.54) is 12.5 Å². The van der Waals surface area contributed by atoms with E-state index < -0.39 is 0 Å². The molecule has 0 spiro atoms. The summed E-state index contributed by atoms with van der Waals surface area (Å²) in [7, 11) is 0. The minimum atomic E-state index is -0.286. The summed E-state index contributed by atoms with van der Waals surface area (Å²) in [5.41, 5.74) is 1.27. The first-order valence-electron chi connectivity index (χ1n) is 6.18. The molecule has 0 aliphatic carbocycles. The van der Waals surface area contributed by atoms with Crippen LogP contribution >= 0.6 is 0 Å². The molecule has 0 bridgehead atoms. The Morgan fingerprint density at radius 2 is 2.17 bits per heavy atom.